The zero-order valence-electron chi connectivity index (χ0n) is 13.8. The highest BCUT2D eigenvalue weighted by atomic mass is 79.9. The second-order valence-electron chi connectivity index (χ2n) is 6.04. The van der Waals surface area contributed by atoms with E-state index < -0.39 is 0 Å². The van der Waals surface area contributed by atoms with Crippen LogP contribution in [0.4, 0.5) is 5.82 Å². The topological polar surface area (TPSA) is 49.3 Å². The zero-order valence-corrected chi connectivity index (χ0v) is 15.4. The number of aromatic nitrogens is 2. The number of hydrogen-bond acceptors (Lipinski definition) is 4. The van der Waals surface area contributed by atoms with Gasteiger partial charge in [-0.2, -0.15) is 0 Å². The standard InChI is InChI=1S/C15H25BrN4O/c1-7-20(8-2)13(21)10-19(6)12-9-11(16)17-14(18-12)15(3,4)5/h9H,7-8,10H2,1-6H3. The van der Waals surface area contributed by atoms with Crippen LogP contribution in [0.5, 0.6) is 0 Å². The predicted molar refractivity (Wildman–Crippen MR) is 89.6 cm³/mol. The first kappa shape index (κ1) is 17.9. The molecular formula is C15H25BrN4O. The second kappa shape index (κ2) is 7.20. The summed E-state index contributed by atoms with van der Waals surface area (Å²) in [7, 11) is 1.88. The Bertz CT molecular complexity index is 495. The first-order valence-electron chi connectivity index (χ1n) is 7.23. The van der Waals surface area contributed by atoms with Crippen molar-refractivity contribution in [2.45, 2.75) is 40.0 Å². The SMILES string of the molecule is CCN(CC)C(=O)CN(C)c1cc(Br)nc(C(C)(C)C)n1. The van der Waals surface area contributed by atoms with Crippen LogP contribution in [0.3, 0.4) is 0 Å². The first-order valence-corrected chi connectivity index (χ1v) is 8.02. The Labute approximate surface area is 135 Å². The highest BCUT2D eigenvalue weighted by molar-refractivity contribution is 9.10. The van der Waals surface area contributed by atoms with Crippen molar-refractivity contribution in [3.63, 3.8) is 0 Å². The summed E-state index contributed by atoms with van der Waals surface area (Å²) in [5, 5.41) is 0. The van der Waals surface area contributed by atoms with Crippen molar-refractivity contribution < 1.29 is 4.79 Å². The van der Waals surface area contributed by atoms with E-state index in [0.29, 0.717) is 6.54 Å². The molecule has 1 amide bonds. The van der Waals surface area contributed by atoms with Crippen molar-refractivity contribution >= 4 is 27.7 Å². The Morgan fingerprint density at radius 1 is 1.24 bits per heavy atom. The van der Waals surface area contributed by atoms with Gasteiger partial charge in [0.05, 0.1) is 6.54 Å². The third kappa shape index (κ3) is 4.95. The monoisotopic (exact) mass is 356 g/mol. The number of nitrogens with zero attached hydrogens (tertiary/aromatic N) is 4. The van der Waals surface area contributed by atoms with Gasteiger partial charge in [0, 0.05) is 31.6 Å². The van der Waals surface area contributed by atoms with E-state index in [1.807, 2.05) is 36.8 Å². The lowest BCUT2D eigenvalue weighted by atomic mass is 9.96. The van der Waals surface area contributed by atoms with Gasteiger partial charge in [0.1, 0.15) is 16.2 Å². The normalized spacial score (nSPS) is 11.4. The molecule has 0 aromatic carbocycles. The van der Waals surface area contributed by atoms with E-state index in [4.69, 9.17) is 0 Å². The summed E-state index contributed by atoms with van der Waals surface area (Å²) in [6, 6.07) is 1.84. The molecule has 118 valence electrons. The lowest BCUT2D eigenvalue weighted by Gasteiger charge is -2.25. The molecule has 0 aliphatic heterocycles. The molecule has 0 fully saturated rings. The molecule has 1 rings (SSSR count). The number of carbonyl (C=O) groups excluding carboxylic acids is 1. The Hall–Kier alpha value is -1.17. The van der Waals surface area contributed by atoms with Crippen LogP contribution < -0.4 is 4.90 Å². The van der Waals surface area contributed by atoms with Gasteiger partial charge in [0.25, 0.3) is 0 Å². The number of anilines is 1. The molecule has 0 unspecified atom stereocenters. The van der Waals surface area contributed by atoms with Crippen LogP contribution >= 0.6 is 15.9 Å². The molecule has 6 heteroatoms. The zero-order chi connectivity index (χ0) is 16.2. The predicted octanol–water partition coefficient (Wildman–Crippen LogP) is 2.84. The van der Waals surface area contributed by atoms with Crippen molar-refractivity contribution in [1.29, 1.82) is 0 Å². The molecular weight excluding hydrogens is 332 g/mol. The third-order valence-corrected chi connectivity index (χ3v) is 3.64. The van der Waals surface area contributed by atoms with Crippen molar-refractivity contribution in [1.82, 2.24) is 14.9 Å². The summed E-state index contributed by atoms with van der Waals surface area (Å²) in [5.41, 5.74) is -0.137. The van der Waals surface area contributed by atoms with Crippen LogP contribution in [0.1, 0.15) is 40.4 Å². The maximum atomic E-state index is 12.2. The molecule has 0 atom stereocenters. The van der Waals surface area contributed by atoms with Crippen LogP contribution in [-0.4, -0.2) is 47.5 Å². The average molecular weight is 357 g/mol. The molecule has 0 N–H and O–H groups in total. The van der Waals surface area contributed by atoms with Gasteiger partial charge in [-0.25, -0.2) is 9.97 Å². The van der Waals surface area contributed by atoms with Crippen LogP contribution in [0, 0.1) is 0 Å². The van der Waals surface area contributed by atoms with E-state index in [1.54, 1.807) is 0 Å². The minimum Gasteiger partial charge on any atom is -0.350 e. The lowest BCUT2D eigenvalue weighted by Crippen LogP contribution is -2.39. The van der Waals surface area contributed by atoms with Crippen molar-refractivity contribution in [2.24, 2.45) is 0 Å². The van der Waals surface area contributed by atoms with Crippen molar-refractivity contribution in [2.75, 3.05) is 31.6 Å². The quantitative estimate of drug-likeness (QED) is 0.761. The summed E-state index contributed by atoms with van der Waals surface area (Å²) < 4.78 is 0.736. The molecule has 1 aromatic rings. The van der Waals surface area contributed by atoms with E-state index in [0.717, 1.165) is 29.3 Å². The van der Waals surface area contributed by atoms with Gasteiger partial charge in [0.2, 0.25) is 5.91 Å². The minimum absolute atomic E-state index is 0.106. The van der Waals surface area contributed by atoms with Gasteiger partial charge < -0.3 is 9.80 Å². The summed E-state index contributed by atoms with van der Waals surface area (Å²) in [6.07, 6.45) is 0. The van der Waals surface area contributed by atoms with Crippen LogP contribution in [0.15, 0.2) is 10.7 Å². The molecule has 1 heterocycles. The fourth-order valence-corrected chi connectivity index (χ4v) is 2.27. The number of hydrogen-bond donors (Lipinski definition) is 0. The van der Waals surface area contributed by atoms with Gasteiger partial charge in [0.15, 0.2) is 0 Å². The van der Waals surface area contributed by atoms with Gasteiger partial charge in [-0.15, -0.1) is 0 Å². The molecule has 1 aromatic heterocycles. The molecule has 0 aliphatic rings. The number of amides is 1. The maximum absolute atomic E-state index is 12.2. The Morgan fingerprint density at radius 3 is 2.29 bits per heavy atom. The number of carbonyl (C=O) groups is 1. The fourth-order valence-electron chi connectivity index (χ4n) is 1.90. The molecule has 5 nitrogen and oxygen atoms in total. The van der Waals surface area contributed by atoms with Gasteiger partial charge in [-0.05, 0) is 29.8 Å². The molecule has 0 saturated carbocycles. The summed E-state index contributed by atoms with van der Waals surface area (Å²) in [4.78, 5) is 24.9. The van der Waals surface area contributed by atoms with Crippen LogP contribution in [0.25, 0.3) is 0 Å². The highest BCUT2D eigenvalue weighted by Crippen LogP contribution is 2.23. The summed E-state index contributed by atoms with van der Waals surface area (Å²) >= 11 is 3.42. The number of rotatable bonds is 5. The molecule has 21 heavy (non-hydrogen) atoms. The molecule has 0 bridgehead atoms. The first-order chi connectivity index (χ1) is 9.68. The van der Waals surface area contributed by atoms with Crippen LogP contribution in [-0.2, 0) is 10.2 Å². The fraction of sp³-hybridized carbons (Fsp3) is 0.667. The third-order valence-electron chi connectivity index (χ3n) is 3.23. The molecule has 0 saturated heterocycles. The van der Waals surface area contributed by atoms with Gasteiger partial charge >= 0.3 is 0 Å². The lowest BCUT2D eigenvalue weighted by molar-refractivity contribution is -0.129. The van der Waals surface area contributed by atoms with Crippen molar-refractivity contribution in [3.8, 4) is 0 Å². The molecule has 0 aliphatic carbocycles. The Balaban J connectivity index is 2.95. The maximum Gasteiger partial charge on any atom is 0.242 e. The van der Waals surface area contributed by atoms with Crippen molar-refractivity contribution in [3.05, 3.63) is 16.5 Å². The summed E-state index contributed by atoms with van der Waals surface area (Å²) in [5.74, 6) is 1.62. The van der Waals surface area contributed by atoms with E-state index in [2.05, 4.69) is 46.7 Å². The van der Waals surface area contributed by atoms with Gasteiger partial charge in [-0.1, -0.05) is 20.8 Å². The summed E-state index contributed by atoms with van der Waals surface area (Å²) in [6.45, 7) is 11.9. The average Bonchev–Trinajstić information content (AvgIpc) is 2.38. The number of halogens is 1. The minimum atomic E-state index is -0.137. The van der Waals surface area contributed by atoms with Gasteiger partial charge in [-0.3, -0.25) is 4.79 Å². The number of likely N-dealkylation sites (N-methyl/N-ethyl adjacent to an activating group) is 2. The van der Waals surface area contributed by atoms with E-state index in [9.17, 15) is 4.79 Å². The van der Waals surface area contributed by atoms with E-state index >= 15 is 0 Å². The van der Waals surface area contributed by atoms with Crippen LogP contribution in [0.2, 0.25) is 0 Å². The van der Waals surface area contributed by atoms with E-state index in [1.165, 1.54) is 0 Å². The molecule has 0 radical (unpaired) electrons. The molecule has 0 spiro atoms. The Kier molecular flexibility index (Phi) is 6.13. The highest BCUT2D eigenvalue weighted by Gasteiger charge is 2.21. The van der Waals surface area contributed by atoms with E-state index in [-0.39, 0.29) is 11.3 Å². The largest absolute Gasteiger partial charge is 0.350 e. The second-order valence-corrected chi connectivity index (χ2v) is 6.86. The smallest absolute Gasteiger partial charge is 0.242 e. The Morgan fingerprint density at radius 2 is 1.81 bits per heavy atom.